The van der Waals surface area contributed by atoms with Crippen molar-refractivity contribution in [3.8, 4) is 0 Å². The highest BCUT2D eigenvalue weighted by Crippen LogP contribution is 2.53. The minimum Gasteiger partial charge on any atom is -0.396 e. The summed E-state index contributed by atoms with van der Waals surface area (Å²) in [4.78, 5) is 0. The first-order chi connectivity index (χ1) is 6.84. The highest BCUT2D eigenvalue weighted by atomic mass is 16.7. The number of aliphatic hydroxyl groups excluding tert-OH is 1. The normalized spacial score (nSPS) is 44.8. The second kappa shape index (κ2) is 3.19. The maximum absolute atomic E-state index is 9.26. The second-order valence-electron chi connectivity index (χ2n) is 4.93. The molecular formula is C11H18O3. The molecular weight excluding hydrogens is 180 g/mol. The van der Waals surface area contributed by atoms with E-state index in [-0.39, 0.29) is 5.79 Å². The summed E-state index contributed by atoms with van der Waals surface area (Å²) in [6.07, 6.45) is 4.59. The third-order valence-corrected chi connectivity index (χ3v) is 4.32. The van der Waals surface area contributed by atoms with Crippen molar-refractivity contribution in [2.24, 2.45) is 17.8 Å². The van der Waals surface area contributed by atoms with E-state index in [2.05, 4.69) is 0 Å². The molecule has 80 valence electrons. The quantitative estimate of drug-likeness (QED) is 0.687. The highest BCUT2D eigenvalue weighted by Gasteiger charge is 2.54. The largest absolute Gasteiger partial charge is 0.396 e. The Morgan fingerprint density at radius 2 is 2.00 bits per heavy atom. The van der Waals surface area contributed by atoms with Crippen molar-refractivity contribution in [2.75, 3.05) is 19.8 Å². The number of hydrogen-bond acceptors (Lipinski definition) is 3. The van der Waals surface area contributed by atoms with Gasteiger partial charge in [0.25, 0.3) is 0 Å². The highest BCUT2D eigenvalue weighted by molar-refractivity contribution is 4.98. The minimum atomic E-state index is -0.241. The van der Waals surface area contributed by atoms with Crippen molar-refractivity contribution in [3.63, 3.8) is 0 Å². The molecule has 2 bridgehead atoms. The molecule has 1 aliphatic heterocycles. The zero-order chi connectivity index (χ0) is 9.60. The van der Waals surface area contributed by atoms with Crippen molar-refractivity contribution >= 4 is 0 Å². The van der Waals surface area contributed by atoms with Gasteiger partial charge in [0.2, 0.25) is 0 Å². The molecule has 1 heterocycles. The summed E-state index contributed by atoms with van der Waals surface area (Å²) >= 11 is 0. The molecule has 3 nitrogen and oxygen atoms in total. The van der Waals surface area contributed by atoms with Crippen molar-refractivity contribution in [1.29, 1.82) is 0 Å². The third kappa shape index (κ3) is 1.16. The number of hydrogen-bond donors (Lipinski definition) is 1. The number of ether oxygens (including phenoxy) is 2. The predicted octanol–water partition coefficient (Wildman–Crippen LogP) is 1.16. The molecule has 3 aliphatic carbocycles. The van der Waals surface area contributed by atoms with Gasteiger partial charge in [0, 0.05) is 18.9 Å². The summed E-state index contributed by atoms with van der Waals surface area (Å²) in [5.41, 5.74) is 0. The van der Waals surface area contributed by atoms with Crippen LogP contribution in [-0.4, -0.2) is 30.7 Å². The second-order valence-corrected chi connectivity index (χ2v) is 4.93. The fourth-order valence-corrected chi connectivity index (χ4v) is 3.57. The van der Waals surface area contributed by atoms with Crippen LogP contribution >= 0.6 is 0 Å². The maximum Gasteiger partial charge on any atom is 0.171 e. The molecule has 3 heteroatoms. The van der Waals surface area contributed by atoms with Crippen LogP contribution in [0.2, 0.25) is 0 Å². The predicted molar refractivity (Wildman–Crippen MR) is 50.7 cm³/mol. The van der Waals surface area contributed by atoms with Crippen LogP contribution in [0.15, 0.2) is 0 Å². The summed E-state index contributed by atoms with van der Waals surface area (Å²) < 4.78 is 11.6. The fourth-order valence-electron chi connectivity index (χ4n) is 3.57. The lowest BCUT2D eigenvalue weighted by molar-refractivity contribution is -0.251. The van der Waals surface area contributed by atoms with E-state index >= 15 is 0 Å². The minimum absolute atomic E-state index is 0.241. The van der Waals surface area contributed by atoms with Gasteiger partial charge >= 0.3 is 0 Å². The van der Waals surface area contributed by atoms with Gasteiger partial charge in [0.1, 0.15) is 0 Å². The van der Waals surface area contributed by atoms with Gasteiger partial charge in [-0.1, -0.05) is 0 Å². The van der Waals surface area contributed by atoms with Crippen LogP contribution in [0.4, 0.5) is 0 Å². The summed E-state index contributed by atoms with van der Waals surface area (Å²) in [5, 5.41) is 9.26. The molecule has 4 fully saturated rings. The van der Waals surface area contributed by atoms with Crippen LogP contribution in [0.5, 0.6) is 0 Å². The van der Waals surface area contributed by atoms with Gasteiger partial charge in [-0.05, 0) is 31.1 Å². The number of fused-ring (bicyclic) bond motifs is 2. The number of aliphatic hydroxyl groups is 1. The van der Waals surface area contributed by atoms with E-state index in [1.165, 1.54) is 12.8 Å². The van der Waals surface area contributed by atoms with E-state index in [1.54, 1.807) is 0 Å². The Balaban J connectivity index is 1.81. The Morgan fingerprint density at radius 3 is 2.57 bits per heavy atom. The van der Waals surface area contributed by atoms with E-state index in [9.17, 15) is 5.11 Å². The average Bonchev–Trinajstić information content (AvgIpc) is 2.67. The fraction of sp³-hybridized carbons (Fsp3) is 1.00. The summed E-state index contributed by atoms with van der Waals surface area (Å²) in [6.45, 7) is 1.86. The van der Waals surface area contributed by atoms with Gasteiger partial charge in [-0.25, -0.2) is 0 Å². The Labute approximate surface area is 84.4 Å². The first-order valence-corrected chi connectivity index (χ1v) is 5.73. The number of rotatable bonds is 1. The Kier molecular flexibility index (Phi) is 2.08. The van der Waals surface area contributed by atoms with Crippen molar-refractivity contribution in [2.45, 2.75) is 31.5 Å². The molecule has 4 rings (SSSR count). The maximum atomic E-state index is 9.26. The monoisotopic (exact) mass is 198 g/mol. The molecule has 0 aromatic carbocycles. The van der Waals surface area contributed by atoms with E-state index in [0.717, 1.165) is 26.1 Å². The summed E-state index contributed by atoms with van der Waals surface area (Å²) in [6, 6.07) is 0. The SMILES string of the molecule is OC[C@@H]1C[C@H]2CC[C@@H]1CC21OCCO1. The molecule has 1 saturated heterocycles. The zero-order valence-corrected chi connectivity index (χ0v) is 8.45. The summed E-state index contributed by atoms with van der Waals surface area (Å²) in [5.74, 6) is 1.43. The Hall–Kier alpha value is -0.120. The Morgan fingerprint density at radius 1 is 1.21 bits per heavy atom. The molecule has 0 radical (unpaired) electrons. The first-order valence-electron chi connectivity index (χ1n) is 5.73. The van der Waals surface area contributed by atoms with Crippen LogP contribution in [-0.2, 0) is 9.47 Å². The van der Waals surface area contributed by atoms with E-state index in [4.69, 9.17) is 9.47 Å². The molecule has 3 atom stereocenters. The topological polar surface area (TPSA) is 38.7 Å². The molecule has 1 N–H and O–H groups in total. The molecule has 0 aromatic heterocycles. The van der Waals surface area contributed by atoms with Crippen LogP contribution in [0.25, 0.3) is 0 Å². The molecule has 0 aromatic rings. The van der Waals surface area contributed by atoms with Crippen LogP contribution in [0.3, 0.4) is 0 Å². The van der Waals surface area contributed by atoms with Crippen LogP contribution in [0.1, 0.15) is 25.7 Å². The van der Waals surface area contributed by atoms with E-state index in [1.807, 2.05) is 0 Å². The van der Waals surface area contributed by atoms with Crippen molar-refractivity contribution < 1.29 is 14.6 Å². The zero-order valence-electron chi connectivity index (χ0n) is 8.45. The van der Waals surface area contributed by atoms with E-state index in [0.29, 0.717) is 24.4 Å². The van der Waals surface area contributed by atoms with Gasteiger partial charge in [-0.2, -0.15) is 0 Å². The van der Waals surface area contributed by atoms with Gasteiger partial charge < -0.3 is 14.6 Å². The van der Waals surface area contributed by atoms with E-state index < -0.39 is 0 Å². The van der Waals surface area contributed by atoms with Crippen LogP contribution in [0, 0.1) is 17.8 Å². The molecule has 0 amide bonds. The molecule has 3 saturated carbocycles. The van der Waals surface area contributed by atoms with Crippen LogP contribution < -0.4 is 0 Å². The van der Waals surface area contributed by atoms with Gasteiger partial charge in [0.15, 0.2) is 5.79 Å². The van der Waals surface area contributed by atoms with Gasteiger partial charge in [-0.3, -0.25) is 0 Å². The van der Waals surface area contributed by atoms with Gasteiger partial charge in [0.05, 0.1) is 13.2 Å². The molecule has 4 aliphatic rings. The van der Waals surface area contributed by atoms with Crippen molar-refractivity contribution in [3.05, 3.63) is 0 Å². The molecule has 14 heavy (non-hydrogen) atoms. The average molecular weight is 198 g/mol. The lowest BCUT2D eigenvalue weighted by Gasteiger charge is -2.51. The van der Waals surface area contributed by atoms with Gasteiger partial charge in [-0.15, -0.1) is 0 Å². The molecule has 0 unspecified atom stereocenters. The lowest BCUT2D eigenvalue weighted by Crippen LogP contribution is -2.52. The smallest absolute Gasteiger partial charge is 0.171 e. The van der Waals surface area contributed by atoms with Crippen molar-refractivity contribution in [1.82, 2.24) is 0 Å². The summed E-state index contributed by atoms with van der Waals surface area (Å²) in [7, 11) is 0. The Bertz CT molecular complexity index is 223. The molecule has 1 spiro atoms. The lowest BCUT2D eigenvalue weighted by atomic mass is 9.62. The third-order valence-electron chi connectivity index (χ3n) is 4.32. The standard InChI is InChI=1S/C11H18O3/c12-7-9-5-10-2-1-8(9)6-11(10)13-3-4-14-11/h8-10,12H,1-7H2/t8-,9+,10-/m1/s1. The first kappa shape index (κ1) is 9.13.